The highest BCUT2D eigenvalue weighted by molar-refractivity contribution is 7.45. The monoisotopic (exact) mass is 867 g/mol. The second-order valence-electron chi connectivity index (χ2n) is 18.6. The van der Waals surface area contributed by atoms with Crippen LogP contribution >= 0.6 is 7.82 Å². The molecule has 60 heavy (non-hydrogen) atoms. The van der Waals surface area contributed by atoms with Gasteiger partial charge in [0.05, 0.1) is 39.9 Å². The summed E-state index contributed by atoms with van der Waals surface area (Å²) in [6.45, 7) is 4.62. The molecule has 0 radical (unpaired) electrons. The van der Waals surface area contributed by atoms with Crippen LogP contribution in [0.2, 0.25) is 0 Å². The summed E-state index contributed by atoms with van der Waals surface area (Å²) in [4.78, 5) is 25.4. The van der Waals surface area contributed by atoms with E-state index in [1.807, 2.05) is 27.2 Å². The number of nitrogens with zero attached hydrogens (tertiary/aromatic N) is 1. The molecule has 8 nitrogen and oxygen atoms in total. The number of allylic oxidation sites excluding steroid dienone is 5. The molecule has 0 fully saturated rings. The Kier molecular flexibility index (Phi) is 42.1. The molecule has 0 saturated carbocycles. The Morgan fingerprint density at radius 1 is 0.583 bits per heavy atom. The largest absolute Gasteiger partial charge is 0.756 e. The maximum Gasteiger partial charge on any atom is 0.268 e. The van der Waals surface area contributed by atoms with Gasteiger partial charge in [-0.25, -0.2) is 0 Å². The summed E-state index contributed by atoms with van der Waals surface area (Å²) in [5, 5.41) is 13.8. The summed E-state index contributed by atoms with van der Waals surface area (Å²) in [7, 11) is 1.25. The van der Waals surface area contributed by atoms with Gasteiger partial charge < -0.3 is 28.8 Å². The van der Waals surface area contributed by atoms with Gasteiger partial charge >= 0.3 is 0 Å². The molecule has 0 heterocycles. The molecule has 3 atom stereocenters. The van der Waals surface area contributed by atoms with Crippen molar-refractivity contribution in [2.45, 2.75) is 244 Å². The maximum atomic E-state index is 12.9. The number of phosphoric acid groups is 1. The summed E-state index contributed by atoms with van der Waals surface area (Å²) in [5.41, 5.74) is 0. The number of hydrogen-bond donors (Lipinski definition) is 2. The number of aliphatic hydroxyl groups excluding tert-OH is 1. The smallest absolute Gasteiger partial charge is 0.268 e. The number of carbonyl (C=O) groups excluding carboxylic acids is 1. The van der Waals surface area contributed by atoms with Crippen molar-refractivity contribution in [2.75, 3.05) is 40.9 Å². The zero-order valence-corrected chi connectivity index (χ0v) is 41.1. The van der Waals surface area contributed by atoms with Crippen LogP contribution in [-0.4, -0.2) is 68.5 Å². The molecule has 1 amide bonds. The van der Waals surface area contributed by atoms with E-state index in [4.69, 9.17) is 9.05 Å². The number of amides is 1. The molecule has 3 unspecified atom stereocenters. The van der Waals surface area contributed by atoms with E-state index in [1.165, 1.54) is 154 Å². The fourth-order valence-corrected chi connectivity index (χ4v) is 8.04. The molecule has 0 saturated heterocycles. The lowest BCUT2D eigenvalue weighted by Gasteiger charge is -2.29. The van der Waals surface area contributed by atoms with Gasteiger partial charge in [-0.05, 0) is 44.9 Å². The predicted molar refractivity (Wildman–Crippen MR) is 256 cm³/mol. The molecule has 0 aliphatic carbocycles. The molecule has 0 aromatic carbocycles. The van der Waals surface area contributed by atoms with Crippen LogP contribution in [0.25, 0.3) is 0 Å². The minimum absolute atomic E-state index is 0.00347. The topological polar surface area (TPSA) is 108 Å². The molecular weight excluding hydrogens is 768 g/mol. The first-order valence-corrected chi connectivity index (χ1v) is 26.8. The van der Waals surface area contributed by atoms with Crippen molar-refractivity contribution in [3.63, 3.8) is 0 Å². The van der Waals surface area contributed by atoms with Crippen LogP contribution in [0.5, 0.6) is 0 Å². The van der Waals surface area contributed by atoms with E-state index in [0.717, 1.165) is 57.8 Å². The van der Waals surface area contributed by atoms with Gasteiger partial charge in [-0.3, -0.25) is 9.36 Å². The van der Waals surface area contributed by atoms with Crippen molar-refractivity contribution < 1.29 is 32.9 Å². The highest BCUT2D eigenvalue weighted by atomic mass is 31.2. The van der Waals surface area contributed by atoms with E-state index < -0.39 is 20.0 Å². The summed E-state index contributed by atoms with van der Waals surface area (Å²) >= 11 is 0. The predicted octanol–water partition coefficient (Wildman–Crippen LogP) is 14.0. The van der Waals surface area contributed by atoms with E-state index in [1.54, 1.807) is 6.08 Å². The number of quaternary nitrogens is 1. The molecule has 354 valence electrons. The number of carbonyl (C=O) groups is 1. The molecule has 2 N–H and O–H groups in total. The van der Waals surface area contributed by atoms with E-state index in [9.17, 15) is 19.4 Å². The minimum atomic E-state index is -4.59. The molecular formula is C51H99N2O6P. The Labute approximate surface area is 372 Å². The first kappa shape index (κ1) is 58.7. The van der Waals surface area contributed by atoms with E-state index in [-0.39, 0.29) is 19.1 Å². The maximum absolute atomic E-state index is 12.9. The second kappa shape index (κ2) is 43.0. The number of unbranched alkanes of at least 4 members (excludes halogenated alkanes) is 30. The van der Waals surface area contributed by atoms with E-state index in [2.05, 4.69) is 43.5 Å². The van der Waals surface area contributed by atoms with Crippen molar-refractivity contribution in [2.24, 2.45) is 0 Å². The average molecular weight is 867 g/mol. The summed E-state index contributed by atoms with van der Waals surface area (Å²) in [5.74, 6) is -0.208. The first-order valence-electron chi connectivity index (χ1n) is 25.4. The fourth-order valence-electron chi connectivity index (χ4n) is 7.32. The SMILES string of the molecule is CCCCC/C=C\C=C/CCCCCCCCC(=O)NC(COP(=O)([O-])OCC[N+](C)(C)C)C(O)/C=C/CCCCCCCCCCCCCCCCCCCCCCC. The quantitative estimate of drug-likeness (QED) is 0.0207. The number of nitrogens with one attached hydrogen (secondary N) is 1. The van der Waals surface area contributed by atoms with Crippen LogP contribution in [0.15, 0.2) is 36.5 Å². The normalized spacial score (nSPS) is 14.4. The molecule has 0 spiro atoms. The van der Waals surface area contributed by atoms with Gasteiger partial charge in [0.15, 0.2) is 0 Å². The number of hydrogen-bond acceptors (Lipinski definition) is 6. The lowest BCUT2D eigenvalue weighted by molar-refractivity contribution is -0.870. The van der Waals surface area contributed by atoms with Gasteiger partial charge in [0.2, 0.25) is 5.91 Å². The third-order valence-electron chi connectivity index (χ3n) is 11.4. The van der Waals surface area contributed by atoms with Crippen molar-refractivity contribution >= 4 is 13.7 Å². The summed E-state index contributed by atoms with van der Waals surface area (Å²) in [6.07, 6.45) is 53.4. The van der Waals surface area contributed by atoms with Crippen molar-refractivity contribution in [1.29, 1.82) is 0 Å². The Morgan fingerprint density at radius 3 is 1.38 bits per heavy atom. The first-order chi connectivity index (χ1) is 29.0. The number of aliphatic hydroxyl groups is 1. The lowest BCUT2D eigenvalue weighted by atomic mass is 10.0. The van der Waals surface area contributed by atoms with Gasteiger partial charge in [-0.15, -0.1) is 0 Å². The highest BCUT2D eigenvalue weighted by Crippen LogP contribution is 2.38. The fraction of sp³-hybridized carbons (Fsp3) is 0.863. The molecule has 0 aliphatic rings. The van der Waals surface area contributed by atoms with Crippen LogP contribution in [0.4, 0.5) is 0 Å². The van der Waals surface area contributed by atoms with Gasteiger partial charge in [-0.1, -0.05) is 217 Å². The summed E-state index contributed by atoms with van der Waals surface area (Å²) < 4.78 is 23.3. The third kappa shape index (κ3) is 44.8. The second-order valence-corrected chi connectivity index (χ2v) is 20.0. The average Bonchev–Trinajstić information content (AvgIpc) is 3.20. The summed E-state index contributed by atoms with van der Waals surface area (Å²) in [6, 6.07) is -0.892. The Bertz CT molecular complexity index is 1070. The van der Waals surface area contributed by atoms with Gasteiger partial charge in [0.25, 0.3) is 7.82 Å². The minimum Gasteiger partial charge on any atom is -0.756 e. The van der Waals surface area contributed by atoms with Crippen LogP contribution in [0.1, 0.15) is 232 Å². The number of phosphoric ester groups is 1. The van der Waals surface area contributed by atoms with Crippen LogP contribution < -0.4 is 10.2 Å². The Balaban J connectivity index is 4.30. The van der Waals surface area contributed by atoms with Crippen LogP contribution in [0.3, 0.4) is 0 Å². The molecule has 0 rings (SSSR count). The standard InChI is InChI=1S/C51H99N2O6P/c1-6-8-10-12-14-16-18-20-22-23-24-25-26-27-28-29-31-32-34-36-38-40-42-44-50(54)49(48-59-60(56,57)58-47-46-53(3,4)5)52-51(55)45-43-41-39-37-35-33-30-21-19-17-15-13-11-9-7-2/h15,17,19,21,42,44,49-50,54H,6-14,16,18,20,22-41,43,45-48H2,1-5H3,(H-,52,55,56,57)/b17-15-,21-19-,44-42+. The molecule has 9 heteroatoms. The lowest BCUT2D eigenvalue weighted by Crippen LogP contribution is -2.45. The van der Waals surface area contributed by atoms with Crippen molar-refractivity contribution in [1.82, 2.24) is 5.32 Å². The highest BCUT2D eigenvalue weighted by Gasteiger charge is 2.23. The van der Waals surface area contributed by atoms with Gasteiger partial charge in [0, 0.05) is 6.42 Å². The van der Waals surface area contributed by atoms with E-state index >= 15 is 0 Å². The zero-order valence-electron chi connectivity index (χ0n) is 40.2. The van der Waals surface area contributed by atoms with Crippen molar-refractivity contribution in [3.8, 4) is 0 Å². The van der Waals surface area contributed by atoms with Crippen LogP contribution in [-0.2, 0) is 18.4 Å². The number of rotatable bonds is 46. The molecule has 0 bridgehead atoms. The van der Waals surface area contributed by atoms with E-state index in [0.29, 0.717) is 17.4 Å². The van der Waals surface area contributed by atoms with Gasteiger partial charge in [0.1, 0.15) is 13.2 Å². The molecule has 0 aromatic heterocycles. The Hall–Kier alpha value is -1.28. The van der Waals surface area contributed by atoms with Crippen molar-refractivity contribution in [3.05, 3.63) is 36.5 Å². The number of likely N-dealkylation sites (N-methyl/N-ethyl adjacent to an activating group) is 1. The molecule has 0 aliphatic heterocycles. The zero-order chi connectivity index (χ0) is 44.3. The third-order valence-corrected chi connectivity index (χ3v) is 12.3. The Morgan fingerprint density at radius 2 is 0.950 bits per heavy atom. The molecule has 0 aromatic rings. The van der Waals surface area contributed by atoms with Crippen LogP contribution in [0, 0.1) is 0 Å². The van der Waals surface area contributed by atoms with Gasteiger partial charge in [-0.2, -0.15) is 0 Å².